The predicted octanol–water partition coefficient (Wildman–Crippen LogP) is 2.40. The molecule has 0 bridgehead atoms. The van der Waals surface area contributed by atoms with Gasteiger partial charge in [0.05, 0.1) is 0 Å². The Bertz CT molecular complexity index is 486. The smallest absolute Gasteiger partial charge is 0.248 e. The Morgan fingerprint density at radius 1 is 1.38 bits per heavy atom. The molecule has 1 saturated heterocycles. The van der Waals surface area contributed by atoms with E-state index in [1.807, 2.05) is 6.07 Å². The third-order valence-corrected chi connectivity index (χ3v) is 4.31. The van der Waals surface area contributed by atoms with Gasteiger partial charge in [-0.25, -0.2) is 0 Å². The SMILES string of the molecule is CC(CN1CCCCC1)NCc1ccc(C(N)=O)cc1Cl. The zero-order valence-electron chi connectivity index (χ0n) is 12.6. The minimum Gasteiger partial charge on any atom is -0.366 e. The van der Waals surface area contributed by atoms with Crippen LogP contribution in [0, 0.1) is 0 Å². The second kappa shape index (κ2) is 7.78. The van der Waals surface area contributed by atoms with Gasteiger partial charge in [0.2, 0.25) is 5.91 Å². The van der Waals surface area contributed by atoms with Crippen molar-refractivity contribution in [1.82, 2.24) is 10.2 Å². The molecule has 1 aliphatic heterocycles. The lowest BCUT2D eigenvalue weighted by Gasteiger charge is -2.29. The van der Waals surface area contributed by atoms with Gasteiger partial charge in [-0.2, -0.15) is 0 Å². The quantitative estimate of drug-likeness (QED) is 0.848. The van der Waals surface area contributed by atoms with Crippen molar-refractivity contribution in [2.45, 2.75) is 38.8 Å². The predicted molar refractivity (Wildman–Crippen MR) is 86.6 cm³/mol. The first-order valence-corrected chi connectivity index (χ1v) is 7.98. The fourth-order valence-electron chi connectivity index (χ4n) is 2.72. The first kappa shape index (κ1) is 16.3. The Morgan fingerprint density at radius 3 is 2.71 bits per heavy atom. The average Bonchev–Trinajstić information content (AvgIpc) is 2.47. The van der Waals surface area contributed by atoms with E-state index in [0.717, 1.165) is 12.1 Å². The third-order valence-electron chi connectivity index (χ3n) is 3.96. The standard InChI is InChI=1S/C16H24ClN3O/c1-12(11-20-7-3-2-4-8-20)19-10-14-6-5-13(16(18)21)9-15(14)17/h5-6,9,12,19H,2-4,7-8,10-11H2,1H3,(H2,18,21). The van der Waals surface area contributed by atoms with Crippen molar-refractivity contribution >= 4 is 17.5 Å². The normalized spacial score (nSPS) is 17.6. The van der Waals surface area contributed by atoms with Crippen LogP contribution in [0.1, 0.15) is 42.1 Å². The second-order valence-corrected chi connectivity index (χ2v) is 6.22. The van der Waals surface area contributed by atoms with Gasteiger partial charge in [0.25, 0.3) is 0 Å². The van der Waals surface area contributed by atoms with Gasteiger partial charge in [0.15, 0.2) is 0 Å². The maximum Gasteiger partial charge on any atom is 0.248 e. The van der Waals surface area contributed by atoms with Gasteiger partial charge >= 0.3 is 0 Å². The van der Waals surface area contributed by atoms with E-state index in [4.69, 9.17) is 17.3 Å². The molecule has 0 radical (unpaired) electrons. The van der Waals surface area contributed by atoms with Crippen LogP contribution in [0.4, 0.5) is 0 Å². The summed E-state index contributed by atoms with van der Waals surface area (Å²) < 4.78 is 0. The second-order valence-electron chi connectivity index (χ2n) is 5.81. The highest BCUT2D eigenvalue weighted by Gasteiger charge is 2.13. The molecule has 4 nitrogen and oxygen atoms in total. The molecule has 116 valence electrons. The Hall–Kier alpha value is -1.10. The summed E-state index contributed by atoms with van der Waals surface area (Å²) in [6, 6.07) is 5.63. The summed E-state index contributed by atoms with van der Waals surface area (Å²) in [5.74, 6) is -0.449. The highest BCUT2D eigenvalue weighted by atomic mass is 35.5. The maximum atomic E-state index is 11.1. The monoisotopic (exact) mass is 309 g/mol. The van der Waals surface area contributed by atoms with Crippen LogP contribution >= 0.6 is 11.6 Å². The number of piperidine rings is 1. The zero-order chi connectivity index (χ0) is 15.2. The number of primary amides is 1. The number of carbonyl (C=O) groups excluding carboxylic acids is 1. The van der Waals surface area contributed by atoms with Gasteiger partial charge in [-0.05, 0) is 50.6 Å². The Labute approximate surface area is 131 Å². The molecule has 1 aromatic carbocycles. The molecule has 0 aromatic heterocycles. The van der Waals surface area contributed by atoms with Crippen LogP contribution in [0.5, 0.6) is 0 Å². The van der Waals surface area contributed by atoms with Gasteiger partial charge < -0.3 is 16.0 Å². The Kier molecular flexibility index (Phi) is 6.03. The van der Waals surface area contributed by atoms with E-state index in [2.05, 4.69) is 17.1 Å². The molecular weight excluding hydrogens is 286 g/mol. The van der Waals surface area contributed by atoms with E-state index in [0.29, 0.717) is 23.2 Å². The summed E-state index contributed by atoms with van der Waals surface area (Å²) >= 11 is 6.19. The van der Waals surface area contributed by atoms with Crippen LogP contribution in [0.2, 0.25) is 5.02 Å². The largest absolute Gasteiger partial charge is 0.366 e. The number of likely N-dealkylation sites (tertiary alicyclic amines) is 1. The molecule has 1 fully saturated rings. The lowest BCUT2D eigenvalue weighted by Crippen LogP contribution is -2.41. The number of amides is 1. The third kappa shape index (κ3) is 4.99. The lowest BCUT2D eigenvalue weighted by atomic mass is 10.1. The fourth-order valence-corrected chi connectivity index (χ4v) is 2.97. The van der Waals surface area contributed by atoms with Crippen LogP contribution in [-0.2, 0) is 6.54 Å². The molecule has 2 rings (SSSR count). The van der Waals surface area contributed by atoms with Crippen LogP contribution in [0.25, 0.3) is 0 Å². The van der Waals surface area contributed by atoms with E-state index < -0.39 is 5.91 Å². The first-order chi connectivity index (χ1) is 10.1. The summed E-state index contributed by atoms with van der Waals surface area (Å²) in [6.07, 6.45) is 3.99. The molecule has 5 heteroatoms. The molecule has 1 aliphatic rings. The molecular formula is C16H24ClN3O. The van der Waals surface area contributed by atoms with Crippen LogP contribution in [0.3, 0.4) is 0 Å². The summed E-state index contributed by atoms with van der Waals surface area (Å²) in [7, 11) is 0. The molecule has 1 unspecified atom stereocenters. The van der Waals surface area contributed by atoms with Crippen molar-refractivity contribution in [2.75, 3.05) is 19.6 Å². The topological polar surface area (TPSA) is 58.4 Å². The van der Waals surface area contributed by atoms with E-state index in [1.54, 1.807) is 12.1 Å². The first-order valence-electron chi connectivity index (χ1n) is 7.60. The molecule has 1 atom stereocenters. The highest BCUT2D eigenvalue weighted by Crippen LogP contribution is 2.18. The van der Waals surface area contributed by atoms with Crippen molar-refractivity contribution in [2.24, 2.45) is 5.73 Å². The van der Waals surface area contributed by atoms with E-state index >= 15 is 0 Å². The van der Waals surface area contributed by atoms with Crippen LogP contribution in [0.15, 0.2) is 18.2 Å². The molecule has 0 spiro atoms. The number of nitrogens with one attached hydrogen (secondary N) is 1. The Morgan fingerprint density at radius 2 is 2.10 bits per heavy atom. The van der Waals surface area contributed by atoms with Gasteiger partial charge in [-0.1, -0.05) is 24.1 Å². The Balaban J connectivity index is 1.83. The number of rotatable bonds is 6. The van der Waals surface area contributed by atoms with E-state index in [1.165, 1.54) is 32.4 Å². The van der Waals surface area contributed by atoms with Crippen molar-refractivity contribution in [3.63, 3.8) is 0 Å². The van der Waals surface area contributed by atoms with Crippen molar-refractivity contribution in [3.8, 4) is 0 Å². The minimum absolute atomic E-state index is 0.412. The maximum absolute atomic E-state index is 11.1. The molecule has 0 aliphatic carbocycles. The molecule has 0 saturated carbocycles. The van der Waals surface area contributed by atoms with Gasteiger partial charge in [0.1, 0.15) is 0 Å². The summed E-state index contributed by atoms with van der Waals surface area (Å²) in [5.41, 5.74) is 6.68. The number of hydrogen-bond donors (Lipinski definition) is 2. The highest BCUT2D eigenvalue weighted by molar-refractivity contribution is 6.31. The lowest BCUT2D eigenvalue weighted by molar-refractivity contribution is 0.100. The summed E-state index contributed by atoms with van der Waals surface area (Å²) in [4.78, 5) is 13.6. The number of benzene rings is 1. The van der Waals surface area contributed by atoms with Gasteiger partial charge in [0, 0.05) is 29.7 Å². The number of carbonyl (C=O) groups is 1. The molecule has 1 aromatic rings. The van der Waals surface area contributed by atoms with Gasteiger partial charge in [-0.3, -0.25) is 4.79 Å². The molecule has 21 heavy (non-hydrogen) atoms. The summed E-state index contributed by atoms with van der Waals surface area (Å²) in [5, 5.41) is 4.08. The van der Waals surface area contributed by atoms with Crippen molar-refractivity contribution in [3.05, 3.63) is 34.3 Å². The van der Waals surface area contributed by atoms with Crippen molar-refractivity contribution in [1.29, 1.82) is 0 Å². The minimum atomic E-state index is -0.449. The number of nitrogens with two attached hydrogens (primary N) is 1. The fraction of sp³-hybridized carbons (Fsp3) is 0.562. The molecule has 1 heterocycles. The van der Waals surface area contributed by atoms with Gasteiger partial charge in [-0.15, -0.1) is 0 Å². The number of hydrogen-bond acceptors (Lipinski definition) is 3. The zero-order valence-corrected chi connectivity index (χ0v) is 13.3. The number of nitrogens with zero attached hydrogens (tertiary/aromatic N) is 1. The number of halogens is 1. The van der Waals surface area contributed by atoms with E-state index in [9.17, 15) is 4.79 Å². The van der Waals surface area contributed by atoms with Crippen LogP contribution < -0.4 is 11.1 Å². The molecule has 1 amide bonds. The average molecular weight is 310 g/mol. The van der Waals surface area contributed by atoms with E-state index in [-0.39, 0.29) is 0 Å². The molecule has 3 N–H and O–H groups in total. The van der Waals surface area contributed by atoms with Crippen LogP contribution in [-0.4, -0.2) is 36.5 Å². The van der Waals surface area contributed by atoms with Crippen molar-refractivity contribution < 1.29 is 4.79 Å². The summed E-state index contributed by atoms with van der Waals surface area (Å²) in [6.45, 7) is 6.38.